The van der Waals surface area contributed by atoms with Crippen molar-refractivity contribution in [2.75, 3.05) is 11.9 Å². The summed E-state index contributed by atoms with van der Waals surface area (Å²) in [6, 6.07) is 2.25. The zero-order valence-corrected chi connectivity index (χ0v) is 9.43. The van der Waals surface area contributed by atoms with Crippen LogP contribution in [0.15, 0.2) is 16.7 Å². The Kier molecular flexibility index (Phi) is 3.69. The molecule has 0 aliphatic heterocycles. The minimum Gasteiger partial charge on any atom is -0.366 e. The molecule has 0 saturated carbocycles. The molecule has 0 radical (unpaired) electrons. The Bertz CT molecular complexity index is 288. The summed E-state index contributed by atoms with van der Waals surface area (Å²) >= 11 is 3.40. The van der Waals surface area contributed by atoms with Gasteiger partial charge in [0, 0.05) is 23.3 Å². The van der Waals surface area contributed by atoms with E-state index in [1.165, 1.54) is 5.56 Å². The molecule has 4 heteroatoms. The van der Waals surface area contributed by atoms with Gasteiger partial charge < -0.3 is 11.1 Å². The van der Waals surface area contributed by atoms with E-state index >= 15 is 0 Å². The number of aromatic nitrogens is 1. The number of nitrogens with zero attached hydrogens (tertiary/aromatic N) is 1. The zero-order chi connectivity index (χ0) is 9.84. The molecule has 72 valence electrons. The van der Waals surface area contributed by atoms with E-state index < -0.39 is 0 Å². The Morgan fingerprint density at radius 1 is 1.69 bits per heavy atom. The van der Waals surface area contributed by atoms with Gasteiger partial charge >= 0.3 is 0 Å². The van der Waals surface area contributed by atoms with Crippen LogP contribution in [0.25, 0.3) is 0 Å². The lowest BCUT2D eigenvalue weighted by atomic mass is 10.3. The number of aryl methyl sites for hydroxylation is 1. The third-order valence-electron chi connectivity index (χ3n) is 1.79. The highest BCUT2D eigenvalue weighted by Crippen LogP contribution is 2.17. The second-order valence-corrected chi connectivity index (χ2v) is 3.95. The third kappa shape index (κ3) is 2.97. The lowest BCUT2D eigenvalue weighted by Gasteiger charge is -2.12. The van der Waals surface area contributed by atoms with Gasteiger partial charge in [0.1, 0.15) is 5.82 Å². The number of halogens is 1. The quantitative estimate of drug-likeness (QED) is 0.853. The van der Waals surface area contributed by atoms with E-state index in [-0.39, 0.29) is 6.04 Å². The summed E-state index contributed by atoms with van der Waals surface area (Å²) in [7, 11) is 0. The van der Waals surface area contributed by atoms with Crippen molar-refractivity contribution >= 4 is 21.7 Å². The van der Waals surface area contributed by atoms with Gasteiger partial charge in [-0.05, 0) is 41.4 Å². The number of nitrogens with two attached hydrogens (primary N) is 1. The minimum absolute atomic E-state index is 0.257. The van der Waals surface area contributed by atoms with Gasteiger partial charge in [0.25, 0.3) is 0 Å². The van der Waals surface area contributed by atoms with Crippen LogP contribution in [0.5, 0.6) is 0 Å². The molecule has 0 aliphatic rings. The molecule has 1 unspecified atom stereocenters. The molecule has 1 rings (SSSR count). The standard InChI is InChI=1S/C9H14BrN3/c1-6-3-9(12-5-8(6)10)13-7(2)4-11/h3,5,7H,4,11H2,1-2H3,(H,12,13). The third-order valence-corrected chi connectivity index (χ3v) is 2.62. The highest BCUT2D eigenvalue weighted by molar-refractivity contribution is 9.10. The second kappa shape index (κ2) is 4.58. The topological polar surface area (TPSA) is 50.9 Å². The monoisotopic (exact) mass is 243 g/mol. The summed E-state index contributed by atoms with van der Waals surface area (Å²) in [5.41, 5.74) is 6.66. The minimum atomic E-state index is 0.257. The summed E-state index contributed by atoms with van der Waals surface area (Å²) in [6.07, 6.45) is 1.79. The molecular formula is C9H14BrN3. The Labute approximate surface area is 86.9 Å². The maximum atomic E-state index is 5.49. The van der Waals surface area contributed by atoms with Gasteiger partial charge in [-0.15, -0.1) is 0 Å². The van der Waals surface area contributed by atoms with Gasteiger partial charge in [0.15, 0.2) is 0 Å². The lowest BCUT2D eigenvalue weighted by Crippen LogP contribution is -2.25. The summed E-state index contributed by atoms with van der Waals surface area (Å²) in [5, 5.41) is 3.20. The van der Waals surface area contributed by atoms with E-state index in [0.29, 0.717) is 6.54 Å². The molecule has 0 bridgehead atoms. The molecule has 0 fully saturated rings. The van der Waals surface area contributed by atoms with Crippen LogP contribution >= 0.6 is 15.9 Å². The first-order valence-corrected chi connectivity index (χ1v) is 5.01. The van der Waals surface area contributed by atoms with Gasteiger partial charge in [-0.2, -0.15) is 0 Å². The average molecular weight is 244 g/mol. The van der Waals surface area contributed by atoms with E-state index in [1.807, 2.05) is 19.9 Å². The van der Waals surface area contributed by atoms with Gasteiger partial charge in [-0.25, -0.2) is 4.98 Å². The van der Waals surface area contributed by atoms with Crippen LogP contribution in [0.2, 0.25) is 0 Å². The normalized spacial score (nSPS) is 12.6. The fraction of sp³-hybridized carbons (Fsp3) is 0.444. The van der Waals surface area contributed by atoms with E-state index in [9.17, 15) is 0 Å². The van der Waals surface area contributed by atoms with Gasteiger partial charge in [0.2, 0.25) is 0 Å². The number of anilines is 1. The SMILES string of the molecule is Cc1cc(NC(C)CN)ncc1Br. The lowest BCUT2D eigenvalue weighted by molar-refractivity contribution is 0.798. The van der Waals surface area contributed by atoms with Crippen molar-refractivity contribution in [3.63, 3.8) is 0 Å². The van der Waals surface area contributed by atoms with Crippen molar-refractivity contribution in [1.82, 2.24) is 4.98 Å². The van der Waals surface area contributed by atoms with Crippen molar-refractivity contribution < 1.29 is 0 Å². The van der Waals surface area contributed by atoms with E-state index in [0.717, 1.165) is 10.3 Å². The Morgan fingerprint density at radius 2 is 2.38 bits per heavy atom. The molecule has 13 heavy (non-hydrogen) atoms. The molecule has 0 saturated heterocycles. The van der Waals surface area contributed by atoms with Crippen LogP contribution in [0.3, 0.4) is 0 Å². The van der Waals surface area contributed by atoms with Crippen LogP contribution in [0, 0.1) is 6.92 Å². The molecule has 1 aromatic rings. The highest BCUT2D eigenvalue weighted by atomic mass is 79.9. The number of rotatable bonds is 3. The molecule has 0 amide bonds. The average Bonchev–Trinajstić information content (AvgIpc) is 2.11. The van der Waals surface area contributed by atoms with Gasteiger partial charge in [0.05, 0.1) is 0 Å². The van der Waals surface area contributed by atoms with Crippen LogP contribution in [0.4, 0.5) is 5.82 Å². The number of pyridine rings is 1. The number of hydrogen-bond donors (Lipinski definition) is 2. The summed E-state index contributed by atoms with van der Waals surface area (Å²) in [4.78, 5) is 4.21. The molecule has 1 atom stereocenters. The molecule has 0 aromatic carbocycles. The highest BCUT2D eigenvalue weighted by Gasteiger charge is 2.01. The van der Waals surface area contributed by atoms with Gasteiger partial charge in [-0.1, -0.05) is 0 Å². The van der Waals surface area contributed by atoms with Crippen LogP contribution in [-0.2, 0) is 0 Å². The van der Waals surface area contributed by atoms with Crippen LogP contribution in [0.1, 0.15) is 12.5 Å². The Hall–Kier alpha value is -0.610. The molecule has 3 N–H and O–H groups in total. The zero-order valence-electron chi connectivity index (χ0n) is 7.84. The largest absolute Gasteiger partial charge is 0.366 e. The summed E-state index contributed by atoms with van der Waals surface area (Å²) in [5.74, 6) is 0.874. The van der Waals surface area contributed by atoms with Crippen molar-refractivity contribution in [2.24, 2.45) is 5.73 Å². The predicted octanol–water partition coefficient (Wildman–Crippen LogP) is 1.91. The number of hydrogen-bond acceptors (Lipinski definition) is 3. The summed E-state index contributed by atoms with van der Waals surface area (Å²) < 4.78 is 1.03. The van der Waals surface area contributed by atoms with Crippen molar-refractivity contribution in [3.8, 4) is 0 Å². The molecule has 3 nitrogen and oxygen atoms in total. The molecule has 1 heterocycles. The Balaban J connectivity index is 2.73. The van der Waals surface area contributed by atoms with E-state index in [2.05, 4.69) is 26.2 Å². The van der Waals surface area contributed by atoms with Crippen molar-refractivity contribution in [2.45, 2.75) is 19.9 Å². The number of nitrogens with one attached hydrogen (secondary N) is 1. The fourth-order valence-corrected chi connectivity index (χ4v) is 1.15. The van der Waals surface area contributed by atoms with Crippen LogP contribution in [-0.4, -0.2) is 17.6 Å². The Morgan fingerprint density at radius 3 is 2.92 bits per heavy atom. The van der Waals surface area contributed by atoms with Crippen molar-refractivity contribution in [1.29, 1.82) is 0 Å². The second-order valence-electron chi connectivity index (χ2n) is 3.10. The maximum Gasteiger partial charge on any atom is 0.126 e. The smallest absolute Gasteiger partial charge is 0.126 e. The fourth-order valence-electron chi connectivity index (χ4n) is 0.930. The molecule has 0 aliphatic carbocycles. The first kappa shape index (κ1) is 10.5. The first-order chi connectivity index (χ1) is 6.13. The maximum absolute atomic E-state index is 5.49. The van der Waals surface area contributed by atoms with E-state index in [1.54, 1.807) is 6.20 Å². The van der Waals surface area contributed by atoms with Crippen LogP contribution < -0.4 is 11.1 Å². The summed E-state index contributed by atoms with van der Waals surface area (Å²) in [6.45, 7) is 4.67. The predicted molar refractivity (Wildman–Crippen MR) is 58.8 cm³/mol. The van der Waals surface area contributed by atoms with E-state index in [4.69, 9.17) is 5.73 Å². The molecule has 1 aromatic heterocycles. The van der Waals surface area contributed by atoms with Gasteiger partial charge in [-0.3, -0.25) is 0 Å². The van der Waals surface area contributed by atoms with Crippen molar-refractivity contribution in [3.05, 3.63) is 22.3 Å². The first-order valence-electron chi connectivity index (χ1n) is 4.22. The molecular weight excluding hydrogens is 230 g/mol. The molecule has 0 spiro atoms.